The van der Waals surface area contributed by atoms with Crippen molar-refractivity contribution in [3.8, 4) is 0 Å². The summed E-state index contributed by atoms with van der Waals surface area (Å²) in [5.41, 5.74) is 6.80. The lowest BCUT2D eigenvalue weighted by Crippen LogP contribution is -2.30. The molecule has 1 aromatic heterocycles. The zero-order valence-corrected chi connectivity index (χ0v) is 11.8. The van der Waals surface area contributed by atoms with Crippen molar-refractivity contribution in [2.45, 2.75) is 26.3 Å². The van der Waals surface area contributed by atoms with Gasteiger partial charge in [0.15, 0.2) is 0 Å². The van der Waals surface area contributed by atoms with Crippen LogP contribution in [0.3, 0.4) is 0 Å². The number of aromatic nitrogens is 1. The molecule has 19 heavy (non-hydrogen) atoms. The number of hydrogen-bond donors (Lipinski definition) is 1. The topological polar surface area (TPSA) is 51.4 Å². The van der Waals surface area contributed by atoms with Crippen molar-refractivity contribution in [3.05, 3.63) is 29.8 Å². The monoisotopic (exact) mass is 269 g/mol. The first-order chi connectivity index (χ1) is 9.17. The van der Waals surface area contributed by atoms with Crippen LogP contribution in [0.15, 0.2) is 18.3 Å². The Bertz CT molecular complexity index is 345. The maximum atomic E-state index is 12.8. The maximum Gasteiger partial charge on any atom is 0.141 e. The highest BCUT2D eigenvalue weighted by atomic mass is 19.1. The minimum atomic E-state index is -0.331. The molecule has 0 aliphatic heterocycles. The van der Waals surface area contributed by atoms with Crippen LogP contribution in [0, 0.1) is 5.82 Å². The van der Waals surface area contributed by atoms with Gasteiger partial charge in [0.25, 0.3) is 0 Å². The van der Waals surface area contributed by atoms with Gasteiger partial charge in [-0.05, 0) is 32.0 Å². The van der Waals surface area contributed by atoms with Crippen LogP contribution < -0.4 is 5.73 Å². The molecular formula is C14H24FN3O. The second-order valence-electron chi connectivity index (χ2n) is 4.43. The molecule has 0 aliphatic rings. The van der Waals surface area contributed by atoms with E-state index in [-0.39, 0.29) is 11.9 Å². The van der Waals surface area contributed by atoms with Crippen molar-refractivity contribution in [2.24, 2.45) is 5.73 Å². The number of nitrogens with zero attached hydrogens (tertiary/aromatic N) is 2. The van der Waals surface area contributed by atoms with E-state index in [2.05, 4.69) is 16.8 Å². The Morgan fingerprint density at radius 2 is 2.16 bits per heavy atom. The molecule has 0 fully saturated rings. The van der Waals surface area contributed by atoms with Crippen LogP contribution in [0.4, 0.5) is 4.39 Å². The summed E-state index contributed by atoms with van der Waals surface area (Å²) in [6.07, 6.45) is 2.01. The summed E-state index contributed by atoms with van der Waals surface area (Å²) in [6, 6.07) is 2.90. The summed E-state index contributed by atoms with van der Waals surface area (Å²) in [5, 5.41) is 0. The summed E-state index contributed by atoms with van der Waals surface area (Å²) < 4.78 is 18.1. The Kier molecular flexibility index (Phi) is 7.55. The Balaban J connectivity index is 2.34. The van der Waals surface area contributed by atoms with Gasteiger partial charge in [0, 0.05) is 25.7 Å². The summed E-state index contributed by atoms with van der Waals surface area (Å²) in [6.45, 7) is 8.37. The third kappa shape index (κ3) is 6.09. The summed E-state index contributed by atoms with van der Waals surface area (Å²) >= 11 is 0. The molecule has 0 aromatic carbocycles. The minimum Gasteiger partial charge on any atom is -0.380 e. The third-order valence-corrected chi connectivity index (χ3v) is 3.09. The molecule has 0 saturated carbocycles. The average Bonchev–Trinajstić information content (AvgIpc) is 2.43. The number of nitrogens with two attached hydrogens (primary N) is 1. The van der Waals surface area contributed by atoms with Crippen molar-refractivity contribution >= 4 is 0 Å². The van der Waals surface area contributed by atoms with Crippen molar-refractivity contribution in [2.75, 3.05) is 32.8 Å². The van der Waals surface area contributed by atoms with Gasteiger partial charge in [0.05, 0.1) is 18.5 Å². The Hall–Kier alpha value is -1.04. The molecule has 1 atom stereocenters. The van der Waals surface area contributed by atoms with Gasteiger partial charge < -0.3 is 15.4 Å². The van der Waals surface area contributed by atoms with E-state index in [4.69, 9.17) is 10.5 Å². The molecule has 5 heteroatoms. The van der Waals surface area contributed by atoms with Crippen molar-refractivity contribution in [1.29, 1.82) is 0 Å². The fraction of sp³-hybridized carbons (Fsp3) is 0.643. The molecule has 1 unspecified atom stereocenters. The van der Waals surface area contributed by atoms with E-state index in [0.717, 1.165) is 45.0 Å². The van der Waals surface area contributed by atoms with Gasteiger partial charge in [-0.3, -0.25) is 4.98 Å². The Morgan fingerprint density at radius 3 is 2.74 bits per heavy atom. The summed E-state index contributed by atoms with van der Waals surface area (Å²) in [5.74, 6) is -0.331. The number of halogens is 1. The van der Waals surface area contributed by atoms with Gasteiger partial charge in [-0.15, -0.1) is 0 Å². The number of ether oxygens (including phenoxy) is 1. The molecule has 0 bridgehead atoms. The number of rotatable bonds is 9. The quantitative estimate of drug-likeness (QED) is 0.696. The number of likely N-dealkylation sites (N-methyl/N-ethyl adjacent to an activating group) is 1. The molecule has 0 aliphatic carbocycles. The minimum absolute atomic E-state index is 0.151. The smallest absolute Gasteiger partial charge is 0.141 e. The highest BCUT2D eigenvalue weighted by Gasteiger charge is 2.10. The van der Waals surface area contributed by atoms with E-state index < -0.39 is 0 Å². The van der Waals surface area contributed by atoms with Gasteiger partial charge in [-0.1, -0.05) is 6.92 Å². The van der Waals surface area contributed by atoms with Crippen LogP contribution in [0.1, 0.15) is 32.0 Å². The van der Waals surface area contributed by atoms with Gasteiger partial charge in [-0.25, -0.2) is 4.39 Å². The Labute approximate surface area is 114 Å². The molecule has 2 N–H and O–H groups in total. The first-order valence-electron chi connectivity index (χ1n) is 6.84. The van der Waals surface area contributed by atoms with E-state index in [1.165, 1.54) is 12.3 Å². The highest BCUT2D eigenvalue weighted by molar-refractivity contribution is 5.09. The second-order valence-corrected chi connectivity index (χ2v) is 4.43. The molecule has 108 valence electrons. The van der Waals surface area contributed by atoms with Crippen molar-refractivity contribution < 1.29 is 9.13 Å². The Morgan fingerprint density at radius 1 is 1.37 bits per heavy atom. The maximum absolute atomic E-state index is 12.8. The molecule has 0 saturated heterocycles. The zero-order valence-electron chi connectivity index (χ0n) is 11.8. The largest absolute Gasteiger partial charge is 0.380 e. The normalized spacial score (nSPS) is 12.9. The van der Waals surface area contributed by atoms with Crippen LogP contribution in [0.5, 0.6) is 0 Å². The molecule has 1 heterocycles. The van der Waals surface area contributed by atoms with E-state index in [1.807, 2.05) is 6.92 Å². The first kappa shape index (κ1) is 16.0. The van der Waals surface area contributed by atoms with E-state index in [0.29, 0.717) is 0 Å². The zero-order chi connectivity index (χ0) is 14.1. The average molecular weight is 269 g/mol. The van der Waals surface area contributed by atoms with Crippen LogP contribution in [0.2, 0.25) is 0 Å². The van der Waals surface area contributed by atoms with Crippen molar-refractivity contribution in [1.82, 2.24) is 9.88 Å². The number of hydrogen-bond acceptors (Lipinski definition) is 4. The van der Waals surface area contributed by atoms with Crippen LogP contribution in [-0.4, -0.2) is 42.7 Å². The molecule has 0 amide bonds. The highest BCUT2D eigenvalue weighted by Crippen LogP contribution is 2.12. The molecular weight excluding hydrogens is 245 g/mol. The van der Waals surface area contributed by atoms with Crippen molar-refractivity contribution in [3.63, 3.8) is 0 Å². The first-order valence-corrected chi connectivity index (χ1v) is 6.84. The van der Waals surface area contributed by atoms with Gasteiger partial charge in [0.2, 0.25) is 0 Å². The van der Waals surface area contributed by atoms with Gasteiger partial charge in [-0.2, -0.15) is 0 Å². The molecule has 0 radical (unpaired) electrons. The van der Waals surface area contributed by atoms with Crippen LogP contribution in [-0.2, 0) is 4.74 Å². The van der Waals surface area contributed by atoms with Gasteiger partial charge >= 0.3 is 0 Å². The van der Waals surface area contributed by atoms with E-state index >= 15 is 0 Å². The fourth-order valence-electron chi connectivity index (χ4n) is 1.84. The lowest BCUT2D eigenvalue weighted by Gasteiger charge is -2.22. The fourth-order valence-corrected chi connectivity index (χ4v) is 1.84. The SMILES string of the molecule is CCOCCN(CC)CCC(N)c1ccc(F)cn1. The summed E-state index contributed by atoms with van der Waals surface area (Å²) in [7, 11) is 0. The summed E-state index contributed by atoms with van der Waals surface area (Å²) in [4.78, 5) is 6.30. The van der Waals surface area contributed by atoms with Crippen LogP contribution in [0.25, 0.3) is 0 Å². The number of pyridine rings is 1. The van der Waals surface area contributed by atoms with E-state index in [9.17, 15) is 4.39 Å². The molecule has 0 spiro atoms. The lowest BCUT2D eigenvalue weighted by molar-refractivity contribution is 0.114. The predicted molar refractivity (Wildman–Crippen MR) is 74.3 cm³/mol. The second kappa shape index (κ2) is 8.96. The van der Waals surface area contributed by atoms with E-state index in [1.54, 1.807) is 6.07 Å². The van der Waals surface area contributed by atoms with Crippen LogP contribution >= 0.6 is 0 Å². The molecule has 1 rings (SSSR count). The van der Waals surface area contributed by atoms with Gasteiger partial charge in [0.1, 0.15) is 5.82 Å². The predicted octanol–water partition coefficient (Wildman–Crippen LogP) is 1.97. The standard InChI is InChI=1S/C14H24FN3O/c1-3-18(9-10-19-4-2)8-7-13(16)14-6-5-12(15)11-17-14/h5-6,11,13H,3-4,7-10,16H2,1-2H3. The molecule has 4 nitrogen and oxygen atoms in total. The molecule has 1 aromatic rings. The lowest BCUT2D eigenvalue weighted by atomic mass is 10.1. The third-order valence-electron chi connectivity index (χ3n) is 3.09.